The highest BCUT2D eigenvalue weighted by Gasteiger charge is 2.20. The topological polar surface area (TPSA) is 119 Å². The summed E-state index contributed by atoms with van der Waals surface area (Å²) in [5, 5.41) is 3.36. The Morgan fingerprint density at radius 3 is 2.56 bits per heavy atom. The van der Waals surface area contributed by atoms with Gasteiger partial charge in [0.1, 0.15) is 11.6 Å². The minimum Gasteiger partial charge on any atom is -0.497 e. The highest BCUT2D eigenvalue weighted by Crippen LogP contribution is 2.33. The van der Waals surface area contributed by atoms with Crippen molar-refractivity contribution in [3.05, 3.63) is 71.5 Å². The summed E-state index contributed by atoms with van der Waals surface area (Å²) < 4.78 is 7.02. The molecule has 1 aromatic heterocycles. The number of hydrogen-bond donors (Lipinski definition) is 3. The van der Waals surface area contributed by atoms with Crippen LogP contribution >= 0.6 is 0 Å². The maximum Gasteiger partial charge on any atom is 0.234 e. The van der Waals surface area contributed by atoms with Crippen LogP contribution in [-0.4, -0.2) is 35.7 Å². The lowest BCUT2D eigenvalue weighted by Crippen LogP contribution is -2.32. The summed E-state index contributed by atoms with van der Waals surface area (Å²) in [5.74, 6) is 1.50. The minimum absolute atomic E-state index is 0.105. The highest BCUT2D eigenvalue weighted by molar-refractivity contribution is 5.83. The van der Waals surface area contributed by atoms with Crippen molar-refractivity contribution in [2.24, 2.45) is 28.5 Å². The quantitative estimate of drug-likeness (QED) is 0.408. The van der Waals surface area contributed by atoms with Gasteiger partial charge < -0.3 is 31.0 Å². The third kappa shape index (κ3) is 4.73. The van der Waals surface area contributed by atoms with E-state index >= 15 is 0 Å². The fourth-order valence-corrected chi connectivity index (χ4v) is 3.73. The number of fused-ring (bicyclic) bond motifs is 1. The van der Waals surface area contributed by atoms with E-state index in [0.717, 1.165) is 34.1 Å². The van der Waals surface area contributed by atoms with Gasteiger partial charge in [-0.25, -0.2) is 4.99 Å². The van der Waals surface area contributed by atoms with Crippen molar-refractivity contribution in [2.45, 2.75) is 19.9 Å². The van der Waals surface area contributed by atoms with Gasteiger partial charge in [0, 0.05) is 54.5 Å². The number of nitrogens with one attached hydrogen (secondary N) is 1. The van der Waals surface area contributed by atoms with Gasteiger partial charge in [-0.3, -0.25) is 0 Å². The third-order valence-electron chi connectivity index (χ3n) is 5.92. The third-order valence-corrected chi connectivity index (χ3v) is 5.92. The van der Waals surface area contributed by atoms with Crippen LogP contribution in [0.25, 0.3) is 5.70 Å². The van der Waals surface area contributed by atoms with Gasteiger partial charge in [-0.2, -0.15) is 9.98 Å². The second-order valence-electron chi connectivity index (χ2n) is 8.25. The molecule has 5 N–H and O–H groups in total. The van der Waals surface area contributed by atoms with Crippen molar-refractivity contribution in [1.29, 1.82) is 0 Å². The minimum atomic E-state index is 0.105. The molecule has 1 aliphatic heterocycles. The number of methoxy groups -OCH3 is 1. The van der Waals surface area contributed by atoms with Crippen LogP contribution in [0.5, 0.6) is 5.75 Å². The first kappa shape index (κ1) is 22.9. The number of likely N-dealkylation sites (N-methyl/N-ethyl adjacent to an activating group) is 1. The molecule has 1 unspecified atom stereocenters. The molecule has 0 saturated carbocycles. The summed E-state index contributed by atoms with van der Waals surface area (Å²) in [6.07, 6.45) is 2.05. The van der Waals surface area contributed by atoms with Crippen molar-refractivity contribution in [3.8, 4) is 5.75 Å². The molecule has 1 aliphatic rings. The molecule has 0 spiro atoms. The number of anilines is 3. The average Bonchev–Trinajstić information content (AvgIpc) is 2.81. The Hall–Kier alpha value is -4.27. The van der Waals surface area contributed by atoms with Crippen LogP contribution in [0.2, 0.25) is 0 Å². The Kier molecular flexibility index (Phi) is 6.27. The van der Waals surface area contributed by atoms with E-state index in [1.165, 1.54) is 0 Å². The molecule has 4 rings (SSSR count). The first-order chi connectivity index (χ1) is 16.2. The highest BCUT2D eigenvalue weighted by atomic mass is 16.5. The largest absolute Gasteiger partial charge is 0.497 e. The van der Waals surface area contributed by atoms with E-state index < -0.39 is 0 Å². The van der Waals surface area contributed by atoms with E-state index in [9.17, 15) is 0 Å². The normalized spacial score (nSPS) is 16.2. The van der Waals surface area contributed by atoms with E-state index in [4.69, 9.17) is 16.2 Å². The monoisotopic (exact) mass is 458 g/mol. The van der Waals surface area contributed by atoms with Crippen LogP contribution in [-0.2, 0) is 7.05 Å². The number of nitrogens with zero attached hydrogens (tertiary/aromatic N) is 5. The Morgan fingerprint density at radius 1 is 1.12 bits per heavy atom. The van der Waals surface area contributed by atoms with Crippen LogP contribution in [0, 0.1) is 6.92 Å². The number of rotatable bonds is 4. The van der Waals surface area contributed by atoms with Crippen LogP contribution in [0.1, 0.15) is 18.2 Å². The number of guanidine groups is 1. The van der Waals surface area contributed by atoms with Crippen molar-refractivity contribution in [2.75, 3.05) is 24.4 Å². The van der Waals surface area contributed by atoms with Gasteiger partial charge >= 0.3 is 0 Å². The van der Waals surface area contributed by atoms with Crippen molar-refractivity contribution >= 4 is 34.5 Å². The molecular formula is C25H30N8O. The molecule has 176 valence electrons. The van der Waals surface area contributed by atoms with Gasteiger partial charge in [0.25, 0.3) is 0 Å². The summed E-state index contributed by atoms with van der Waals surface area (Å²) in [6, 6.07) is 15.6. The predicted molar refractivity (Wildman–Crippen MR) is 138 cm³/mol. The number of nitrogens with two attached hydrogens (primary N) is 2. The standard InChI is InChI=1S/C25H30N8O/c1-15-12-21(26)20-14-18(8-11-22(20)32(15)3)28-23-13-16(2)33(4)25(30-23)31-24(27)29-17-6-9-19(34-5)10-7-17/h6-15H,26H2,1-5H3,(H3,27,28,29,30,31). The number of benzene rings is 2. The van der Waals surface area contributed by atoms with Crippen molar-refractivity contribution in [3.63, 3.8) is 0 Å². The molecule has 0 radical (unpaired) electrons. The smallest absolute Gasteiger partial charge is 0.234 e. The maximum atomic E-state index is 6.30. The molecule has 2 heterocycles. The Balaban J connectivity index is 1.64. The molecule has 0 bridgehead atoms. The zero-order chi connectivity index (χ0) is 24.4. The Bertz CT molecular complexity index is 1340. The molecule has 9 heteroatoms. The molecule has 0 fully saturated rings. The lowest BCUT2D eigenvalue weighted by molar-refractivity contribution is 0.415. The molecule has 34 heavy (non-hydrogen) atoms. The first-order valence-corrected chi connectivity index (χ1v) is 10.9. The van der Waals surface area contributed by atoms with E-state index in [2.05, 4.69) is 51.3 Å². The molecule has 0 saturated heterocycles. The van der Waals surface area contributed by atoms with Gasteiger partial charge in [0.15, 0.2) is 0 Å². The lowest BCUT2D eigenvalue weighted by atomic mass is 10.0. The van der Waals surface area contributed by atoms with Crippen molar-refractivity contribution < 1.29 is 4.74 Å². The van der Waals surface area contributed by atoms with Gasteiger partial charge in [0.2, 0.25) is 11.6 Å². The fourth-order valence-electron chi connectivity index (χ4n) is 3.73. The summed E-state index contributed by atoms with van der Waals surface area (Å²) in [4.78, 5) is 15.6. The van der Waals surface area contributed by atoms with Crippen LogP contribution < -0.4 is 32.0 Å². The fraction of sp³-hybridized carbons (Fsp3) is 0.240. The van der Waals surface area contributed by atoms with Gasteiger partial charge in [-0.15, -0.1) is 0 Å². The maximum absolute atomic E-state index is 6.30. The van der Waals surface area contributed by atoms with E-state index in [0.29, 0.717) is 17.1 Å². The second kappa shape index (κ2) is 9.30. The number of aromatic nitrogens is 2. The summed E-state index contributed by atoms with van der Waals surface area (Å²) in [5.41, 5.74) is 18.2. The zero-order valence-corrected chi connectivity index (χ0v) is 20.1. The molecular weight excluding hydrogens is 428 g/mol. The summed E-state index contributed by atoms with van der Waals surface area (Å²) >= 11 is 0. The number of aliphatic imine (C=N–C) groups is 1. The van der Waals surface area contributed by atoms with Crippen LogP contribution in [0.15, 0.2) is 64.6 Å². The predicted octanol–water partition coefficient (Wildman–Crippen LogP) is 3.17. The zero-order valence-electron chi connectivity index (χ0n) is 20.1. The molecule has 9 nitrogen and oxygen atoms in total. The second-order valence-corrected chi connectivity index (χ2v) is 8.25. The Morgan fingerprint density at radius 2 is 1.85 bits per heavy atom. The number of aryl methyl sites for hydroxylation is 1. The van der Waals surface area contributed by atoms with Gasteiger partial charge in [-0.05, 0) is 62.4 Å². The number of hydrogen-bond acceptors (Lipinski definition) is 6. The molecule has 1 atom stereocenters. The van der Waals surface area contributed by atoms with Gasteiger partial charge in [0.05, 0.1) is 12.8 Å². The molecule has 0 amide bonds. The van der Waals surface area contributed by atoms with E-state index in [1.807, 2.05) is 61.0 Å². The van der Waals surface area contributed by atoms with Gasteiger partial charge in [-0.1, -0.05) is 0 Å². The Labute approximate surface area is 199 Å². The lowest BCUT2D eigenvalue weighted by Gasteiger charge is -2.32. The summed E-state index contributed by atoms with van der Waals surface area (Å²) in [7, 11) is 5.56. The molecule has 0 aliphatic carbocycles. The van der Waals surface area contributed by atoms with Crippen LogP contribution in [0.4, 0.5) is 22.9 Å². The molecule has 3 aromatic rings. The first-order valence-electron chi connectivity index (χ1n) is 10.9. The SMILES string of the molecule is COc1ccc(N=C(N)/N=c2/nc(Nc3ccc4c(c3)C(N)=CC(C)N4C)cc(C)n2C)cc1. The molecule has 2 aromatic carbocycles. The van der Waals surface area contributed by atoms with E-state index in [1.54, 1.807) is 7.11 Å². The summed E-state index contributed by atoms with van der Waals surface area (Å²) in [6.45, 7) is 4.10. The average molecular weight is 459 g/mol. The number of ether oxygens (including phenoxy) is 1. The van der Waals surface area contributed by atoms with Crippen molar-refractivity contribution in [1.82, 2.24) is 9.55 Å². The van der Waals surface area contributed by atoms with Crippen LogP contribution in [0.3, 0.4) is 0 Å². The van der Waals surface area contributed by atoms with E-state index in [-0.39, 0.29) is 12.0 Å².